The highest BCUT2D eigenvalue weighted by Gasteiger charge is 2.40. The van der Waals surface area contributed by atoms with Gasteiger partial charge in [0, 0.05) is 42.7 Å². The van der Waals surface area contributed by atoms with Crippen molar-refractivity contribution in [2.45, 2.75) is 32.8 Å². The number of carbonyl (C=O) groups is 1. The Hall–Kier alpha value is -1.83. The first kappa shape index (κ1) is 20.9. The molecule has 2 heterocycles. The largest absolute Gasteiger partial charge is 0.388 e. The number of hydrogen-bond donors (Lipinski definition) is 3. The lowest BCUT2D eigenvalue weighted by Gasteiger charge is -2.43. The van der Waals surface area contributed by atoms with Crippen molar-refractivity contribution >= 4 is 28.5 Å². The number of aliphatic hydroxyl groups is 1. The molecule has 2 aromatic rings. The molecule has 1 saturated heterocycles. The summed E-state index contributed by atoms with van der Waals surface area (Å²) in [7, 11) is 1.61. The third-order valence-corrected chi connectivity index (χ3v) is 6.18. The van der Waals surface area contributed by atoms with Crippen LogP contribution in [0.2, 0.25) is 5.02 Å². The second-order valence-corrected chi connectivity index (χ2v) is 8.48. The van der Waals surface area contributed by atoms with E-state index in [0.717, 1.165) is 29.3 Å². The summed E-state index contributed by atoms with van der Waals surface area (Å²) in [6.45, 7) is 6.53. The number of halogens is 1. The molecule has 0 radical (unpaired) electrons. The summed E-state index contributed by atoms with van der Waals surface area (Å²) >= 11 is 6.25. The van der Waals surface area contributed by atoms with E-state index in [0.29, 0.717) is 31.3 Å². The van der Waals surface area contributed by atoms with Gasteiger partial charge in [-0.1, -0.05) is 25.4 Å². The van der Waals surface area contributed by atoms with Crippen LogP contribution in [0.25, 0.3) is 10.9 Å². The molecule has 0 aliphatic carbocycles. The van der Waals surface area contributed by atoms with Crippen molar-refractivity contribution in [3.8, 4) is 0 Å². The molecule has 28 heavy (non-hydrogen) atoms. The maximum Gasteiger partial charge on any atom is 0.317 e. The van der Waals surface area contributed by atoms with Crippen LogP contribution in [-0.4, -0.2) is 59.6 Å². The maximum atomic E-state index is 12.2. The minimum Gasteiger partial charge on any atom is -0.388 e. The van der Waals surface area contributed by atoms with Gasteiger partial charge in [-0.2, -0.15) is 5.10 Å². The van der Waals surface area contributed by atoms with E-state index in [1.807, 2.05) is 17.0 Å². The molecule has 1 fully saturated rings. The Morgan fingerprint density at radius 1 is 1.46 bits per heavy atom. The van der Waals surface area contributed by atoms with Crippen molar-refractivity contribution < 1.29 is 14.6 Å². The van der Waals surface area contributed by atoms with Gasteiger partial charge in [0.25, 0.3) is 0 Å². The monoisotopic (exact) mass is 408 g/mol. The predicted octanol–water partition coefficient (Wildman–Crippen LogP) is 3.34. The van der Waals surface area contributed by atoms with E-state index in [9.17, 15) is 9.90 Å². The van der Waals surface area contributed by atoms with E-state index in [4.69, 9.17) is 16.3 Å². The van der Waals surface area contributed by atoms with Crippen molar-refractivity contribution in [3.63, 3.8) is 0 Å². The van der Waals surface area contributed by atoms with Crippen LogP contribution in [0.1, 0.15) is 38.4 Å². The number of aliphatic hydroxyl groups excluding tert-OH is 1. The zero-order chi connectivity index (χ0) is 20.3. The highest BCUT2D eigenvalue weighted by Crippen LogP contribution is 2.46. The van der Waals surface area contributed by atoms with Crippen LogP contribution in [0, 0.1) is 11.3 Å². The van der Waals surface area contributed by atoms with Gasteiger partial charge in [0.15, 0.2) is 0 Å². The zero-order valence-electron chi connectivity index (χ0n) is 16.7. The van der Waals surface area contributed by atoms with Gasteiger partial charge in [0.2, 0.25) is 0 Å². The summed E-state index contributed by atoms with van der Waals surface area (Å²) < 4.78 is 4.97. The molecule has 1 unspecified atom stereocenters. The summed E-state index contributed by atoms with van der Waals surface area (Å²) in [5.74, 6) is 0.280. The number of aromatic nitrogens is 2. The van der Waals surface area contributed by atoms with Crippen molar-refractivity contribution in [2.24, 2.45) is 11.3 Å². The fourth-order valence-corrected chi connectivity index (χ4v) is 4.32. The molecule has 3 N–H and O–H groups in total. The Morgan fingerprint density at radius 2 is 2.18 bits per heavy atom. The van der Waals surface area contributed by atoms with Gasteiger partial charge in [-0.05, 0) is 36.3 Å². The number of hydrogen-bond acceptors (Lipinski definition) is 4. The number of amides is 2. The second-order valence-electron chi connectivity index (χ2n) is 8.04. The van der Waals surface area contributed by atoms with E-state index in [-0.39, 0.29) is 17.4 Å². The van der Waals surface area contributed by atoms with Crippen LogP contribution in [0.3, 0.4) is 0 Å². The molecule has 1 aromatic carbocycles. The van der Waals surface area contributed by atoms with Gasteiger partial charge >= 0.3 is 6.03 Å². The first-order valence-corrected chi connectivity index (χ1v) is 10.0. The van der Waals surface area contributed by atoms with E-state index in [1.54, 1.807) is 13.3 Å². The standard InChI is InChI=1S/C20H29ClN4O3/c1-20(2,14-4-7-25(8-5-14)19(27)22-6-9-28-3)18(26)16-11-15(21)10-13-12-23-24-17(13)16/h10-12,14,18,26H,4-9H2,1-3H3,(H,22,27)(H,23,24). The highest BCUT2D eigenvalue weighted by atomic mass is 35.5. The molecule has 7 nitrogen and oxygen atoms in total. The Kier molecular flexibility index (Phi) is 6.47. The highest BCUT2D eigenvalue weighted by molar-refractivity contribution is 6.31. The normalized spacial score (nSPS) is 17.1. The van der Waals surface area contributed by atoms with Gasteiger partial charge in [0.1, 0.15) is 0 Å². The van der Waals surface area contributed by atoms with Gasteiger partial charge < -0.3 is 20.1 Å². The van der Waals surface area contributed by atoms with Gasteiger partial charge in [-0.25, -0.2) is 4.79 Å². The number of urea groups is 1. The molecule has 0 spiro atoms. The Morgan fingerprint density at radius 3 is 2.86 bits per heavy atom. The van der Waals surface area contributed by atoms with Gasteiger partial charge in [-0.3, -0.25) is 5.10 Å². The molecule has 3 rings (SSSR count). The number of H-pyrrole nitrogens is 1. The Bertz CT molecular complexity index is 815. The van der Waals surface area contributed by atoms with Crippen LogP contribution >= 0.6 is 11.6 Å². The Labute approximate surface area is 170 Å². The molecule has 8 heteroatoms. The second kappa shape index (κ2) is 8.68. The van der Waals surface area contributed by atoms with Crippen molar-refractivity contribution in [1.82, 2.24) is 20.4 Å². The number of aromatic amines is 1. The molecule has 154 valence electrons. The number of nitrogens with zero attached hydrogens (tertiary/aromatic N) is 2. The lowest BCUT2D eigenvalue weighted by atomic mass is 9.68. The summed E-state index contributed by atoms with van der Waals surface area (Å²) in [4.78, 5) is 14.1. The quantitative estimate of drug-likeness (QED) is 0.639. The van der Waals surface area contributed by atoms with E-state index < -0.39 is 6.10 Å². The maximum absolute atomic E-state index is 12.2. The van der Waals surface area contributed by atoms with Crippen molar-refractivity contribution in [3.05, 3.63) is 28.9 Å². The van der Waals surface area contributed by atoms with E-state index in [1.165, 1.54) is 0 Å². The molecule has 0 saturated carbocycles. The van der Waals surface area contributed by atoms with E-state index >= 15 is 0 Å². The number of fused-ring (bicyclic) bond motifs is 1. The van der Waals surface area contributed by atoms with Crippen molar-refractivity contribution in [1.29, 1.82) is 0 Å². The molecule has 1 aliphatic heterocycles. The van der Waals surface area contributed by atoms with Gasteiger partial charge in [0.05, 0.1) is 24.4 Å². The van der Waals surface area contributed by atoms with Crippen LogP contribution in [0.4, 0.5) is 4.79 Å². The Balaban J connectivity index is 1.68. The van der Waals surface area contributed by atoms with Crippen LogP contribution in [-0.2, 0) is 4.74 Å². The summed E-state index contributed by atoms with van der Waals surface area (Å²) in [5, 5.41) is 22.6. The van der Waals surface area contributed by atoms with Crippen LogP contribution < -0.4 is 5.32 Å². The number of piperidine rings is 1. The fraction of sp³-hybridized carbons (Fsp3) is 0.600. The summed E-state index contributed by atoms with van der Waals surface area (Å²) in [6, 6.07) is 3.60. The number of likely N-dealkylation sites (tertiary alicyclic amines) is 1. The van der Waals surface area contributed by atoms with Gasteiger partial charge in [-0.15, -0.1) is 0 Å². The number of carbonyl (C=O) groups excluding carboxylic acids is 1. The number of nitrogens with one attached hydrogen (secondary N) is 2. The third-order valence-electron chi connectivity index (χ3n) is 5.96. The fourth-order valence-electron chi connectivity index (χ4n) is 4.09. The lowest BCUT2D eigenvalue weighted by molar-refractivity contribution is -0.0143. The third kappa shape index (κ3) is 4.26. The molecule has 1 atom stereocenters. The zero-order valence-corrected chi connectivity index (χ0v) is 17.4. The molecule has 1 aliphatic rings. The molecular weight excluding hydrogens is 380 g/mol. The minimum atomic E-state index is -0.693. The van der Waals surface area contributed by atoms with E-state index in [2.05, 4.69) is 29.4 Å². The van der Waals surface area contributed by atoms with Crippen LogP contribution in [0.15, 0.2) is 18.3 Å². The summed E-state index contributed by atoms with van der Waals surface area (Å²) in [6.07, 6.45) is 2.70. The average Bonchev–Trinajstić information content (AvgIpc) is 3.15. The molecule has 0 bridgehead atoms. The first-order valence-electron chi connectivity index (χ1n) is 9.67. The lowest BCUT2D eigenvalue weighted by Crippen LogP contribution is -2.47. The first-order chi connectivity index (χ1) is 13.3. The SMILES string of the molecule is COCCNC(=O)N1CCC(C(C)(C)C(O)c2cc(Cl)cc3cn[nH]c23)CC1. The molecule has 2 amide bonds. The minimum absolute atomic E-state index is 0.0529. The van der Waals surface area contributed by atoms with Crippen LogP contribution in [0.5, 0.6) is 0 Å². The molecular formula is C20H29ClN4O3. The number of benzene rings is 1. The predicted molar refractivity (Wildman–Crippen MR) is 109 cm³/mol. The molecule has 1 aromatic heterocycles. The smallest absolute Gasteiger partial charge is 0.317 e. The van der Waals surface area contributed by atoms with Crippen molar-refractivity contribution in [2.75, 3.05) is 33.4 Å². The topological polar surface area (TPSA) is 90.5 Å². The number of methoxy groups -OCH3 is 1. The summed E-state index contributed by atoms with van der Waals surface area (Å²) in [5.41, 5.74) is 1.21. The average molecular weight is 409 g/mol. The number of rotatable bonds is 6. The number of ether oxygens (including phenoxy) is 1.